The number of aryl methyl sites for hydroxylation is 1. The van der Waals surface area contributed by atoms with Gasteiger partial charge in [-0.15, -0.1) is 0 Å². The van der Waals surface area contributed by atoms with Crippen LogP contribution in [0.3, 0.4) is 0 Å². The summed E-state index contributed by atoms with van der Waals surface area (Å²) in [5.41, 5.74) is 6.68. The van der Waals surface area contributed by atoms with Crippen molar-refractivity contribution in [3.8, 4) is 17.1 Å². The van der Waals surface area contributed by atoms with Crippen LogP contribution in [-0.2, 0) is 59.7 Å². The molecule has 0 amide bonds. The van der Waals surface area contributed by atoms with E-state index in [9.17, 15) is 44.4 Å². The van der Waals surface area contributed by atoms with Gasteiger partial charge in [-0.25, -0.2) is 48.1 Å². The minimum absolute atomic E-state index is 0.0636. The zero-order valence-electron chi connectivity index (χ0n) is 53.7. The Morgan fingerprint density at radius 2 is 0.905 bits per heavy atom. The summed E-state index contributed by atoms with van der Waals surface area (Å²) in [4.78, 5) is 4.67. The molecule has 0 fully saturated rings. The molecule has 6 aromatic carbocycles. The number of nitrogens with zero attached hydrogens (tertiary/aromatic N) is 9. The van der Waals surface area contributed by atoms with Crippen LogP contribution in [0.25, 0.3) is 49.8 Å². The highest BCUT2D eigenvalue weighted by molar-refractivity contribution is 7.93. The third-order valence-corrected chi connectivity index (χ3v) is 19.6. The number of alkyl halides is 2. The van der Waals surface area contributed by atoms with Crippen molar-refractivity contribution in [2.45, 2.75) is 114 Å². The third kappa shape index (κ3) is 14.7. The molecule has 5 N–H and O–H groups in total. The maximum atomic E-state index is 13.4. The maximum Gasteiger partial charge on any atom is 0.263 e. The molecule has 492 valence electrons. The van der Waals surface area contributed by atoms with Crippen LogP contribution in [0.4, 0.5) is 26.2 Å². The molecular weight excluding hydrogens is 1270 g/mol. The van der Waals surface area contributed by atoms with Gasteiger partial charge in [0.05, 0.1) is 65.3 Å². The van der Waals surface area contributed by atoms with Crippen LogP contribution in [0.2, 0.25) is 0 Å². The molecule has 12 aromatic rings. The summed E-state index contributed by atoms with van der Waals surface area (Å²) in [6.07, 6.45) is 3.04. The second kappa shape index (κ2) is 26.2. The van der Waals surface area contributed by atoms with E-state index in [2.05, 4.69) is 76.0 Å². The first-order valence-corrected chi connectivity index (χ1v) is 34.3. The Balaban J connectivity index is 0.000000155. The topological polar surface area (TPSA) is 281 Å². The Hall–Kier alpha value is -10.3. The second-order valence-electron chi connectivity index (χ2n) is 25.5. The lowest BCUT2D eigenvalue weighted by molar-refractivity contribution is -0.577. The minimum atomic E-state index is -3.96. The van der Waals surface area contributed by atoms with Crippen LogP contribution in [0.5, 0.6) is 0 Å². The zero-order chi connectivity index (χ0) is 68.6. The van der Waals surface area contributed by atoms with E-state index in [0.29, 0.717) is 49.3 Å². The molecule has 0 atom stereocenters. The van der Waals surface area contributed by atoms with Gasteiger partial charge in [-0.2, -0.15) is 24.8 Å². The number of anilines is 3. The molecule has 0 saturated carbocycles. The van der Waals surface area contributed by atoms with Crippen molar-refractivity contribution < 1.29 is 44.0 Å². The molecule has 0 radical (unpaired) electrons. The number of halogens is 2. The SMILES string of the molecule is CC(C)(C)c1ccc(S(=O)(=O)Nc2cc(CF)nn2-c2cccc3c2ccc[n+]3[O-])cc1.CC(C)(C)c1ccc(S(=O)(=O)Nc2cc(CF)nn2-c2cccc3ncccc23)cc1.Cc1cc(NS(=O)(=O)c2ccc(C(C)(C)C)cc2)n(-c2cccc3c2ccc(=N)n3O)n1. The summed E-state index contributed by atoms with van der Waals surface area (Å²) in [5.74, 6) is 0.504. The first-order chi connectivity index (χ1) is 44.8. The van der Waals surface area contributed by atoms with E-state index in [1.165, 1.54) is 50.6 Å². The van der Waals surface area contributed by atoms with Gasteiger partial charge in [0.25, 0.3) is 30.1 Å². The van der Waals surface area contributed by atoms with E-state index in [0.717, 1.165) is 32.3 Å². The highest BCUT2D eigenvalue weighted by Crippen LogP contribution is 2.33. The number of hydrogen-bond donors (Lipinski definition) is 5. The molecule has 6 heterocycles. The van der Waals surface area contributed by atoms with E-state index in [1.807, 2.05) is 45.0 Å². The normalized spacial score (nSPS) is 12.3. The van der Waals surface area contributed by atoms with Crippen LogP contribution in [0, 0.1) is 17.5 Å². The van der Waals surface area contributed by atoms with Gasteiger partial charge in [0.1, 0.15) is 30.8 Å². The maximum absolute atomic E-state index is 13.4. The van der Waals surface area contributed by atoms with Crippen LogP contribution in [0.15, 0.2) is 209 Å². The largest absolute Gasteiger partial charge is 0.618 e. The number of aromatic nitrogens is 9. The number of hydrogen-bond acceptors (Lipinski definition) is 13. The molecule has 6 aromatic heterocycles. The molecule has 12 rings (SSSR count). The fourth-order valence-electron chi connectivity index (χ4n) is 10.4. The number of fused-ring (bicyclic) bond motifs is 3. The molecule has 21 nitrogen and oxygen atoms in total. The van der Waals surface area contributed by atoms with Gasteiger partial charge in [0.2, 0.25) is 5.52 Å². The summed E-state index contributed by atoms with van der Waals surface area (Å²) in [6, 6.07) is 50.3. The quantitative estimate of drug-likeness (QED) is 0.0386. The Morgan fingerprint density at radius 3 is 1.37 bits per heavy atom. The smallest absolute Gasteiger partial charge is 0.263 e. The summed E-state index contributed by atoms with van der Waals surface area (Å²) >= 11 is 0. The van der Waals surface area contributed by atoms with Crippen molar-refractivity contribution in [1.29, 1.82) is 5.41 Å². The van der Waals surface area contributed by atoms with E-state index < -0.39 is 43.4 Å². The number of nitrogens with one attached hydrogen (secondary N) is 4. The summed E-state index contributed by atoms with van der Waals surface area (Å²) < 4.78 is 119. The van der Waals surface area contributed by atoms with Gasteiger partial charge in [-0.1, -0.05) is 117 Å². The molecule has 0 unspecified atom stereocenters. The summed E-state index contributed by atoms with van der Waals surface area (Å²) in [6.45, 7) is 18.6. The number of sulfonamides is 3. The predicted octanol–water partition coefficient (Wildman–Crippen LogP) is 13.2. The Kier molecular flexibility index (Phi) is 18.7. The molecule has 0 bridgehead atoms. The third-order valence-electron chi connectivity index (χ3n) is 15.4. The zero-order valence-corrected chi connectivity index (χ0v) is 56.1. The number of rotatable bonds is 14. The van der Waals surface area contributed by atoms with Gasteiger partial charge in [0, 0.05) is 47.3 Å². The van der Waals surface area contributed by atoms with Gasteiger partial charge >= 0.3 is 0 Å². The number of pyridine rings is 3. The molecule has 0 saturated heterocycles. The molecule has 0 aliphatic carbocycles. The first-order valence-electron chi connectivity index (χ1n) is 29.9. The summed E-state index contributed by atoms with van der Waals surface area (Å²) in [7, 11) is -11.7. The Morgan fingerprint density at radius 1 is 0.495 bits per heavy atom. The molecule has 26 heteroatoms. The van der Waals surface area contributed by atoms with Gasteiger partial charge < -0.3 is 10.4 Å². The molecular formula is C69H71F2N13O8S3. The van der Waals surface area contributed by atoms with Crippen molar-refractivity contribution in [3.63, 3.8) is 0 Å². The van der Waals surface area contributed by atoms with E-state index in [4.69, 9.17) is 5.41 Å². The second-order valence-corrected chi connectivity index (χ2v) is 30.5. The molecule has 0 aliphatic rings. The van der Waals surface area contributed by atoms with Crippen LogP contribution < -0.4 is 24.4 Å². The predicted molar refractivity (Wildman–Crippen MR) is 363 cm³/mol. The van der Waals surface area contributed by atoms with E-state index >= 15 is 0 Å². The lowest BCUT2D eigenvalue weighted by atomic mass is 9.87. The van der Waals surface area contributed by atoms with E-state index in [-0.39, 0.29) is 65.3 Å². The average Bonchev–Trinajstić information content (AvgIpc) is 1.75. The average molecular weight is 1340 g/mol. The first kappa shape index (κ1) is 67.6. The minimum Gasteiger partial charge on any atom is -0.618 e. The van der Waals surface area contributed by atoms with Gasteiger partial charge in [-0.3, -0.25) is 24.6 Å². The molecule has 0 spiro atoms. The van der Waals surface area contributed by atoms with Gasteiger partial charge in [0.15, 0.2) is 11.7 Å². The van der Waals surface area contributed by atoms with Gasteiger partial charge in [-0.05, 0) is 137 Å². The standard InChI is InChI=1S/C23H23FN4O3S.C23H23FN4O2S.C23H25N5O3S/c1-23(2,3)16-9-11-18(12-10-16)32(30,31)26-22-14-17(15-24)25-28(22)21-8-4-7-20-19(21)6-5-13-27(20)29;1-23(2,3)16-9-11-18(12-10-16)31(29,30)27-22-14-17(15-24)26-28(22)21-8-4-7-20-19(21)6-5-13-25-20;1-15-14-22(26-32(30,31)17-10-8-16(9-11-17)23(2,3)4)27(25-15)19-6-5-7-20-18(19)12-13-21(24)28(20)29/h4-14,26H,15H2,1-3H3;4-14,27H,15H2,1-3H3;5-14,24,26,29H,1-4H3. The molecule has 95 heavy (non-hydrogen) atoms. The summed E-state index contributed by atoms with van der Waals surface area (Å²) in [5, 5.41) is 45.0. The monoisotopic (exact) mass is 1340 g/mol. The van der Waals surface area contributed by atoms with Crippen molar-refractivity contribution in [1.82, 2.24) is 39.1 Å². The van der Waals surface area contributed by atoms with Crippen molar-refractivity contribution in [3.05, 3.63) is 239 Å². The van der Waals surface area contributed by atoms with Crippen LogP contribution in [0.1, 0.15) is 96.1 Å². The van der Waals surface area contributed by atoms with Crippen molar-refractivity contribution in [2.24, 2.45) is 0 Å². The number of benzene rings is 6. The van der Waals surface area contributed by atoms with Crippen molar-refractivity contribution >= 4 is 80.2 Å². The lowest BCUT2D eigenvalue weighted by Crippen LogP contribution is -2.26. The lowest BCUT2D eigenvalue weighted by Gasteiger charge is -2.19. The fourth-order valence-corrected chi connectivity index (χ4v) is 13.5. The van der Waals surface area contributed by atoms with Crippen LogP contribution >= 0.6 is 0 Å². The van der Waals surface area contributed by atoms with E-state index in [1.54, 1.807) is 141 Å². The van der Waals surface area contributed by atoms with Crippen molar-refractivity contribution in [2.75, 3.05) is 14.2 Å². The highest BCUT2D eigenvalue weighted by Gasteiger charge is 2.26. The molecule has 0 aliphatic heterocycles. The Bertz CT molecular complexity index is 5250. The Labute approximate surface area is 549 Å². The highest BCUT2D eigenvalue weighted by atomic mass is 32.2. The fraction of sp³-hybridized carbons (Fsp3) is 0.217. The van der Waals surface area contributed by atoms with Crippen LogP contribution in [-0.4, -0.2) is 69.5 Å².